The van der Waals surface area contributed by atoms with Crippen molar-refractivity contribution in [1.82, 2.24) is 0 Å². The summed E-state index contributed by atoms with van der Waals surface area (Å²) in [6, 6.07) is 0. The highest BCUT2D eigenvalue weighted by Crippen LogP contribution is 2.26. The second-order valence-electron chi connectivity index (χ2n) is 8.80. The molecule has 0 spiro atoms. The largest absolute Gasteiger partial charge is 0.378 e. The van der Waals surface area contributed by atoms with Crippen LogP contribution in [0.3, 0.4) is 0 Å². The summed E-state index contributed by atoms with van der Waals surface area (Å²) >= 11 is 0. The predicted octanol–water partition coefficient (Wildman–Crippen LogP) is 6.82. The molecular weight excluding hydrogens is 336 g/mol. The number of ether oxygens (including phenoxy) is 3. The van der Waals surface area contributed by atoms with Gasteiger partial charge in [-0.15, -0.1) is 0 Å². The van der Waals surface area contributed by atoms with Gasteiger partial charge in [-0.2, -0.15) is 0 Å². The zero-order chi connectivity index (χ0) is 19.2. The number of rotatable bonds is 18. The highest BCUT2D eigenvalue weighted by atomic mass is 16.5. The molecule has 0 aromatic heterocycles. The van der Waals surface area contributed by atoms with E-state index in [1.807, 2.05) is 0 Å². The first-order chi connectivity index (χ1) is 13.3. The van der Waals surface area contributed by atoms with Crippen molar-refractivity contribution in [2.24, 2.45) is 0 Å². The summed E-state index contributed by atoms with van der Waals surface area (Å²) in [5.74, 6) is 0. The van der Waals surface area contributed by atoms with Crippen molar-refractivity contribution in [3.05, 3.63) is 0 Å². The van der Waals surface area contributed by atoms with Crippen LogP contribution in [-0.4, -0.2) is 37.6 Å². The van der Waals surface area contributed by atoms with Gasteiger partial charge in [0.1, 0.15) is 0 Å². The second kappa shape index (κ2) is 14.8. The Morgan fingerprint density at radius 3 is 1.44 bits per heavy atom. The summed E-state index contributed by atoms with van der Waals surface area (Å²) in [5.41, 5.74) is 0. The molecule has 2 aliphatic rings. The molecule has 160 valence electrons. The van der Waals surface area contributed by atoms with Crippen LogP contribution < -0.4 is 0 Å². The third kappa shape index (κ3) is 10.3. The molecule has 0 amide bonds. The minimum Gasteiger partial charge on any atom is -0.378 e. The van der Waals surface area contributed by atoms with Gasteiger partial charge >= 0.3 is 0 Å². The van der Waals surface area contributed by atoms with Crippen LogP contribution in [0.4, 0.5) is 0 Å². The molecule has 0 aromatic carbocycles. The lowest BCUT2D eigenvalue weighted by Gasteiger charge is -2.32. The summed E-state index contributed by atoms with van der Waals surface area (Å²) in [6.07, 6.45) is 22.3. The van der Waals surface area contributed by atoms with E-state index >= 15 is 0 Å². The molecule has 27 heavy (non-hydrogen) atoms. The van der Waals surface area contributed by atoms with Crippen molar-refractivity contribution in [3.8, 4) is 0 Å². The van der Waals surface area contributed by atoms with E-state index in [1.54, 1.807) is 0 Å². The minimum atomic E-state index is 0.435. The van der Waals surface area contributed by atoms with Crippen LogP contribution in [0.15, 0.2) is 0 Å². The molecule has 0 aromatic rings. The summed E-state index contributed by atoms with van der Waals surface area (Å²) in [5, 5.41) is 0. The van der Waals surface area contributed by atoms with E-state index < -0.39 is 0 Å². The Hall–Kier alpha value is -0.120. The molecule has 0 saturated carbocycles. The molecular formula is C24H46O3. The average molecular weight is 383 g/mol. The number of hydrogen-bond acceptors (Lipinski definition) is 3. The van der Waals surface area contributed by atoms with Crippen LogP contribution >= 0.6 is 0 Å². The number of unbranched alkanes of at least 4 members (excludes halogenated alkanes) is 6. The normalized spacial score (nSPS) is 24.2. The van der Waals surface area contributed by atoms with Crippen molar-refractivity contribution in [1.29, 1.82) is 0 Å². The van der Waals surface area contributed by atoms with Gasteiger partial charge in [0.05, 0.1) is 24.4 Å². The molecule has 2 aliphatic heterocycles. The van der Waals surface area contributed by atoms with Gasteiger partial charge in [0.25, 0.3) is 0 Å². The first kappa shape index (κ1) is 23.2. The molecule has 2 heterocycles. The fraction of sp³-hybridized carbons (Fsp3) is 1.00. The average Bonchev–Trinajstić information content (AvgIpc) is 2.59. The minimum absolute atomic E-state index is 0.435. The highest BCUT2D eigenvalue weighted by Gasteiger charge is 2.24. The zero-order valence-electron chi connectivity index (χ0n) is 18.3. The van der Waals surface area contributed by atoms with E-state index in [1.165, 1.54) is 103 Å². The van der Waals surface area contributed by atoms with Gasteiger partial charge in [-0.1, -0.05) is 65.2 Å². The van der Waals surface area contributed by atoms with Gasteiger partial charge in [-0.25, -0.2) is 0 Å². The lowest BCUT2D eigenvalue weighted by molar-refractivity contribution is -0.0860. The van der Waals surface area contributed by atoms with Gasteiger partial charge in [0, 0.05) is 13.2 Å². The van der Waals surface area contributed by atoms with Gasteiger partial charge in [-0.3, -0.25) is 0 Å². The van der Waals surface area contributed by atoms with E-state index in [-0.39, 0.29) is 0 Å². The maximum atomic E-state index is 6.74. The third-order valence-electron chi connectivity index (χ3n) is 6.35. The predicted molar refractivity (Wildman–Crippen MR) is 113 cm³/mol. The molecule has 4 atom stereocenters. The second-order valence-corrected chi connectivity index (χ2v) is 8.80. The van der Waals surface area contributed by atoms with Crippen molar-refractivity contribution < 1.29 is 14.2 Å². The van der Waals surface area contributed by atoms with E-state index in [4.69, 9.17) is 14.2 Å². The molecule has 4 unspecified atom stereocenters. The van der Waals surface area contributed by atoms with Crippen LogP contribution in [-0.2, 0) is 14.2 Å². The Labute approximate surface area is 168 Å². The van der Waals surface area contributed by atoms with Crippen LogP contribution in [0, 0.1) is 0 Å². The van der Waals surface area contributed by atoms with E-state index in [9.17, 15) is 0 Å². The molecule has 3 heteroatoms. The topological polar surface area (TPSA) is 27.7 Å². The van der Waals surface area contributed by atoms with Crippen LogP contribution in [0.1, 0.15) is 117 Å². The van der Waals surface area contributed by atoms with E-state index in [0.29, 0.717) is 24.4 Å². The van der Waals surface area contributed by atoms with Crippen LogP contribution in [0.25, 0.3) is 0 Å². The van der Waals surface area contributed by atoms with Gasteiger partial charge in [-0.05, 0) is 51.4 Å². The maximum Gasteiger partial charge on any atom is 0.0598 e. The lowest BCUT2D eigenvalue weighted by atomic mass is 9.98. The van der Waals surface area contributed by atoms with Gasteiger partial charge < -0.3 is 14.2 Å². The third-order valence-corrected chi connectivity index (χ3v) is 6.35. The molecule has 3 nitrogen and oxygen atoms in total. The fourth-order valence-electron chi connectivity index (χ4n) is 4.20. The summed E-state index contributed by atoms with van der Waals surface area (Å²) in [6.45, 7) is 6.51. The van der Waals surface area contributed by atoms with E-state index in [2.05, 4.69) is 13.8 Å². The molecule has 2 fully saturated rings. The molecule has 2 rings (SSSR count). The molecule has 0 radical (unpaired) electrons. The molecule has 0 bridgehead atoms. The summed E-state index contributed by atoms with van der Waals surface area (Å²) in [4.78, 5) is 0. The highest BCUT2D eigenvalue weighted by molar-refractivity contribution is 4.74. The zero-order valence-corrected chi connectivity index (χ0v) is 18.3. The molecule has 2 saturated heterocycles. The van der Waals surface area contributed by atoms with E-state index in [0.717, 1.165) is 13.2 Å². The molecule has 0 aliphatic carbocycles. The van der Waals surface area contributed by atoms with Crippen molar-refractivity contribution in [2.45, 2.75) is 141 Å². The maximum absolute atomic E-state index is 6.74. The Morgan fingerprint density at radius 2 is 1.11 bits per heavy atom. The molecule has 0 N–H and O–H groups in total. The van der Waals surface area contributed by atoms with Crippen molar-refractivity contribution in [2.75, 3.05) is 13.2 Å². The van der Waals surface area contributed by atoms with Crippen LogP contribution in [0.2, 0.25) is 0 Å². The Morgan fingerprint density at radius 1 is 0.667 bits per heavy atom. The lowest BCUT2D eigenvalue weighted by Crippen LogP contribution is -2.31. The summed E-state index contributed by atoms with van der Waals surface area (Å²) in [7, 11) is 0. The standard InChI is InChI=1S/C24H46O3/c1-3-5-7-9-11-23(15-13-21-17-19-25-21)27-24(12-10-8-6-4-2)16-14-22-18-20-26-22/h21-24H,3-20H2,1-2H3. The Kier molecular flexibility index (Phi) is 12.7. The van der Waals surface area contributed by atoms with Crippen molar-refractivity contribution in [3.63, 3.8) is 0 Å². The summed E-state index contributed by atoms with van der Waals surface area (Å²) < 4.78 is 18.0. The Balaban J connectivity index is 1.75. The number of hydrogen-bond donors (Lipinski definition) is 0. The monoisotopic (exact) mass is 382 g/mol. The first-order valence-electron chi connectivity index (χ1n) is 12.2. The van der Waals surface area contributed by atoms with Gasteiger partial charge in [0.15, 0.2) is 0 Å². The first-order valence-corrected chi connectivity index (χ1v) is 12.2. The fourth-order valence-corrected chi connectivity index (χ4v) is 4.20. The Bertz CT molecular complexity index is 307. The van der Waals surface area contributed by atoms with Gasteiger partial charge in [0.2, 0.25) is 0 Å². The smallest absolute Gasteiger partial charge is 0.0598 e. The van der Waals surface area contributed by atoms with Crippen molar-refractivity contribution >= 4 is 0 Å². The SMILES string of the molecule is CCCCCCC(CCC1CCO1)OC(CCCCCC)CCC1CCO1. The quantitative estimate of drug-likeness (QED) is 0.243. The van der Waals surface area contributed by atoms with Crippen LogP contribution in [0.5, 0.6) is 0 Å².